The summed E-state index contributed by atoms with van der Waals surface area (Å²) < 4.78 is 22.3. The first-order valence-corrected chi connectivity index (χ1v) is 25.1. The van der Waals surface area contributed by atoms with E-state index in [-0.39, 0.29) is 85.9 Å². The largest absolute Gasteiger partial charge is 2.00 e. The molecule has 0 saturated carbocycles. The molecular weight excluding hydrogens is 946 g/mol. The summed E-state index contributed by atoms with van der Waals surface area (Å²) in [5.74, 6) is -2.44. The average molecular weight is 1030 g/mol. The number of rotatable bonds is 42. The molecule has 65 heavy (non-hydrogen) atoms. The van der Waals surface area contributed by atoms with Gasteiger partial charge >= 0.3 is 60.8 Å². The Morgan fingerprint density at radius 1 is 0.400 bits per heavy atom. The van der Waals surface area contributed by atoms with E-state index < -0.39 is 11.9 Å². The van der Waals surface area contributed by atoms with E-state index in [1.54, 1.807) is 0 Å². The molecule has 2 unspecified atom stereocenters. The second-order valence-electron chi connectivity index (χ2n) is 17.4. The Bertz CT molecular complexity index is 1290. The van der Waals surface area contributed by atoms with Crippen molar-refractivity contribution in [1.29, 1.82) is 0 Å². The van der Waals surface area contributed by atoms with Crippen LogP contribution in [-0.2, 0) is 51.3 Å². The molecule has 0 radical (unpaired) electrons. The van der Waals surface area contributed by atoms with Crippen molar-refractivity contribution in [1.82, 2.24) is 0 Å². The van der Waals surface area contributed by atoms with Crippen molar-refractivity contribution in [3.8, 4) is 0 Å². The van der Waals surface area contributed by atoms with Crippen LogP contribution in [0.15, 0.2) is 60.7 Å². The Balaban J connectivity index is 0.00000124. The van der Waals surface area contributed by atoms with Crippen molar-refractivity contribution < 1.29 is 48.3 Å². The summed E-state index contributed by atoms with van der Waals surface area (Å²) in [6, 6.07) is 20.6. The van der Waals surface area contributed by atoms with Gasteiger partial charge in [0.25, 0.3) is 0 Å². The first kappa shape index (κ1) is 62.8. The van der Waals surface area contributed by atoms with Crippen molar-refractivity contribution >= 4 is 72.8 Å². The molecule has 0 bridgehead atoms. The van der Waals surface area contributed by atoms with Gasteiger partial charge in [-0.05, 0) is 101 Å². The standard InChI is InChI=1S/2C27H44O5.Ba/c2*1-24(28)32-26(20-14-10-15-21-27(29)30)19-13-7-5-3-2-4-6-8-16-22-31-23-25-17-11-9-12-18-25;/h2*9,11-12,17-18,26H,2-8,10,13-16,19-23H2,1H3,(H,29,30);/q;;+2/p-2. The minimum absolute atomic E-state index is 0. The minimum atomic E-state index is -0.991. The van der Waals surface area contributed by atoms with Crippen LogP contribution < -0.4 is 10.2 Å². The van der Waals surface area contributed by atoms with Crippen molar-refractivity contribution in [2.24, 2.45) is 0 Å². The summed E-state index contributed by atoms with van der Waals surface area (Å²) >= 11 is 0. The molecule has 0 N–H and O–H groups in total. The van der Waals surface area contributed by atoms with Gasteiger partial charge in [0.2, 0.25) is 0 Å². The second-order valence-corrected chi connectivity index (χ2v) is 17.4. The zero-order valence-electron chi connectivity index (χ0n) is 40.8. The summed E-state index contributed by atoms with van der Waals surface area (Å²) in [4.78, 5) is 43.5. The van der Waals surface area contributed by atoms with E-state index in [4.69, 9.17) is 18.9 Å². The molecule has 10 nitrogen and oxygen atoms in total. The molecular formula is C54H86BaO10. The first-order valence-electron chi connectivity index (χ1n) is 25.1. The third kappa shape index (κ3) is 45.4. The fraction of sp³-hybridized carbons (Fsp3) is 0.704. The maximum Gasteiger partial charge on any atom is 2.00 e. The number of hydrogen-bond acceptors (Lipinski definition) is 10. The Labute approximate surface area is 434 Å². The smallest absolute Gasteiger partial charge is 0.550 e. The van der Waals surface area contributed by atoms with Gasteiger partial charge in [0.1, 0.15) is 12.2 Å². The Kier molecular flexibility index (Phi) is 45.3. The minimum Gasteiger partial charge on any atom is -0.550 e. The molecule has 0 fully saturated rings. The van der Waals surface area contributed by atoms with Crippen LogP contribution in [0.4, 0.5) is 0 Å². The Morgan fingerprint density at radius 2 is 0.662 bits per heavy atom. The molecule has 2 aromatic rings. The normalized spacial score (nSPS) is 11.7. The van der Waals surface area contributed by atoms with Crippen molar-refractivity contribution in [2.75, 3.05) is 13.2 Å². The first-order chi connectivity index (χ1) is 31.2. The van der Waals surface area contributed by atoms with E-state index in [2.05, 4.69) is 24.3 Å². The van der Waals surface area contributed by atoms with Crippen LogP contribution in [0.3, 0.4) is 0 Å². The number of benzene rings is 2. The predicted octanol–water partition coefficient (Wildman–Crippen LogP) is 11.1. The number of unbranched alkanes of at least 4 members (excludes halogenated alkanes) is 20. The monoisotopic (exact) mass is 1030 g/mol. The average Bonchev–Trinajstić information content (AvgIpc) is 3.26. The molecule has 2 atom stereocenters. The summed E-state index contributed by atoms with van der Waals surface area (Å²) in [7, 11) is 0. The van der Waals surface area contributed by atoms with Crippen LogP contribution >= 0.6 is 0 Å². The third-order valence-electron chi connectivity index (χ3n) is 11.3. The summed E-state index contributed by atoms with van der Waals surface area (Å²) in [6.45, 7) is 6.02. The van der Waals surface area contributed by atoms with Gasteiger partial charge in [-0.15, -0.1) is 0 Å². The molecule has 2 rings (SSSR count). The number of ether oxygens (including phenoxy) is 4. The van der Waals surface area contributed by atoms with Gasteiger partial charge in [0.05, 0.1) is 13.2 Å². The Hall–Kier alpha value is -2.19. The summed E-state index contributed by atoms with van der Waals surface area (Å²) in [5, 5.41) is 20.9. The van der Waals surface area contributed by atoms with Gasteiger partial charge in [0.15, 0.2) is 0 Å². The van der Waals surface area contributed by atoms with Crippen molar-refractivity contribution in [3.05, 3.63) is 71.8 Å². The van der Waals surface area contributed by atoms with Crippen LogP contribution in [0.1, 0.15) is 218 Å². The SMILES string of the molecule is CC(=O)OC(CCCCCCCCCCCOCc1ccccc1)CCCCCC(=O)[O-].CC(=O)OC(CCCCCCCCCCCOCc1ccccc1)CCCCCC(=O)[O-].[Ba+2]. The van der Waals surface area contributed by atoms with Crippen molar-refractivity contribution in [3.63, 3.8) is 0 Å². The molecule has 0 aromatic heterocycles. The number of esters is 2. The molecule has 0 aliphatic carbocycles. The molecule has 0 aliphatic heterocycles. The van der Waals surface area contributed by atoms with Gasteiger partial charge in [-0.3, -0.25) is 9.59 Å². The molecule has 2 aromatic carbocycles. The third-order valence-corrected chi connectivity index (χ3v) is 11.3. The van der Waals surface area contributed by atoms with E-state index in [0.29, 0.717) is 26.1 Å². The number of carbonyl (C=O) groups excluding carboxylic acids is 4. The molecule has 0 spiro atoms. The molecule has 364 valence electrons. The summed E-state index contributed by atoms with van der Waals surface area (Å²) in [5.41, 5.74) is 2.47. The van der Waals surface area contributed by atoms with E-state index >= 15 is 0 Å². The van der Waals surface area contributed by atoms with Crippen LogP contribution in [0, 0.1) is 0 Å². The van der Waals surface area contributed by atoms with Crippen LogP contribution in [0.5, 0.6) is 0 Å². The number of carboxylic acids is 2. The van der Waals surface area contributed by atoms with Gasteiger partial charge in [-0.1, -0.05) is 163 Å². The van der Waals surface area contributed by atoms with Gasteiger partial charge in [-0.25, -0.2) is 0 Å². The topological polar surface area (TPSA) is 151 Å². The summed E-state index contributed by atoms with van der Waals surface area (Å²) in [6.07, 6.45) is 30.3. The van der Waals surface area contributed by atoms with Crippen LogP contribution in [0.25, 0.3) is 0 Å². The maximum atomic E-state index is 11.3. The molecule has 0 heterocycles. The molecule has 0 aliphatic rings. The predicted molar refractivity (Wildman–Crippen MR) is 258 cm³/mol. The van der Waals surface area contributed by atoms with E-state index in [1.807, 2.05) is 36.4 Å². The van der Waals surface area contributed by atoms with Gasteiger partial charge in [0, 0.05) is 39.0 Å². The number of carboxylic acid groups (broad SMARTS) is 2. The fourth-order valence-corrected chi connectivity index (χ4v) is 7.79. The molecule has 0 saturated heterocycles. The number of carbonyl (C=O) groups is 4. The zero-order chi connectivity index (χ0) is 46.6. The zero-order valence-corrected chi connectivity index (χ0v) is 45.2. The Morgan fingerprint density at radius 3 is 0.938 bits per heavy atom. The van der Waals surface area contributed by atoms with E-state index in [0.717, 1.165) is 90.3 Å². The van der Waals surface area contributed by atoms with Gasteiger partial charge in [-0.2, -0.15) is 0 Å². The van der Waals surface area contributed by atoms with Gasteiger partial charge < -0.3 is 38.7 Å². The fourth-order valence-electron chi connectivity index (χ4n) is 7.79. The van der Waals surface area contributed by atoms with Crippen LogP contribution in [0.2, 0.25) is 0 Å². The van der Waals surface area contributed by atoms with Crippen molar-refractivity contribution in [2.45, 2.75) is 232 Å². The van der Waals surface area contributed by atoms with E-state index in [9.17, 15) is 29.4 Å². The quantitative estimate of drug-likeness (QED) is 0.0357. The molecule has 11 heteroatoms. The maximum absolute atomic E-state index is 11.3. The second kappa shape index (κ2) is 46.9. The number of hydrogen-bond donors (Lipinski definition) is 0. The van der Waals surface area contributed by atoms with Crippen LogP contribution in [-0.4, -0.2) is 98.2 Å². The number of aliphatic carboxylic acids is 2. The van der Waals surface area contributed by atoms with E-state index in [1.165, 1.54) is 115 Å². The molecule has 0 amide bonds.